The van der Waals surface area contributed by atoms with Gasteiger partial charge >= 0.3 is 0 Å². The first-order valence-corrected chi connectivity index (χ1v) is 7.51. The van der Waals surface area contributed by atoms with Gasteiger partial charge in [0.15, 0.2) is 5.82 Å². The summed E-state index contributed by atoms with van der Waals surface area (Å²) in [6, 6.07) is 1.96. The zero-order valence-electron chi connectivity index (χ0n) is 8.12. The molecule has 0 bridgehead atoms. The Kier molecular flexibility index (Phi) is 2.65. The SMILES string of the molecule is O=c1[nH]c(-c2sccc2Br)nc2c1CSC2. The number of aromatic nitrogens is 2. The summed E-state index contributed by atoms with van der Waals surface area (Å²) in [7, 11) is 0. The molecule has 1 aliphatic rings. The van der Waals surface area contributed by atoms with Crippen LogP contribution in [0.4, 0.5) is 0 Å². The van der Waals surface area contributed by atoms with Crippen LogP contribution in [-0.2, 0) is 11.5 Å². The second kappa shape index (κ2) is 4.01. The number of fused-ring (bicyclic) bond motifs is 1. The van der Waals surface area contributed by atoms with Crippen molar-refractivity contribution in [2.45, 2.75) is 11.5 Å². The number of nitrogens with zero attached hydrogens (tertiary/aromatic N) is 1. The fourth-order valence-corrected chi connectivity index (χ4v) is 4.17. The van der Waals surface area contributed by atoms with Gasteiger partial charge in [0.05, 0.1) is 10.6 Å². The van der Waals surface area contributed by atoms with Crippen molar-refractivity contribution in [1.29, 1.82) is 0 Å². The first kappa shape index (κ1) is 10.6. The van der Waals surface area contributed by atoms with Gasteiger partial charge in [-0.2, -0.15) is 11.8 Å². The third kappa shape index (κ3) is 1.65. The van der Waals surface area contributed by atoms with Gasteiger partial charge in [0.1, 0.15) is 0 Å². The molecule has 0 amide bonds. The molecule has 3 nitrogen and oxygen atoms in total. The predicted molar refractivity (Wildman–Crippen MR) is 70.9 cm³/mol. The van der Waals surface area contributed by atoms with E-state index in [1.807, 2.05) is 11.4 Å². The molecule has 3 rings (SSSR count). The van der Waals surface area contributed by atoms with E-state index in [4.69, 9.17) is 0 Å². The van der Waals surface area contributed by atoms with Crippen LogP contribution in [0.3, 0.4) is 0 Å². The van der Waals surface area contributed by atoms with E-state index >= 15 is 0 Å². The highest BCUT2D eigenvalue weighted by Crippen LogP contribution is 2.32. The molecule has 0 spiro atoms. The lowest BCUT2D eigenvalue weighted by Gasteiger charge is -2.01. The van der Waals surface area contributed by atoms with Gasteiger partial charge in [0.25, 0.3) is 5.56 Å². The van der Waals surface area contributed by atoms with Crippen molar-refractivity contribution in [3.8, 4) is 10.7 Å². The molecule has 2 aromatic heterocycles. The van der Waals surface area contributed by atoms with Crippen LogP contribution in [0.5, 0.6) is 0 Å². The normalized spacial score (nSPS) is 14.1. The average Bonchev–Trinajstić information content (AvgIpc) is 2.85. The Morgan fingerprint density at radius 1 is 1.44 bits per heavy atom. The van der Waals surface area contributed by atoms with Gasteiger partial charge < -0.3 is 4.98 Å². The van der Waals surface area contributed by atoms with Crippen LogP contribution in [0.15, 0.2) is 20.7 Å². The number of rotatable bonds is 1. The molecule has 2 aromatic rings. The molecule has 6 heteroatoms. The summed E-state index contributed by atoms with van der Waals surface area (Å²) in [5.41, 5.74) is 1.77. The lowest BCUT2D eigenvalue weighted by Crippen LogP contribution is -2.14. The van der Waals surface area contributed by atoms with Crippen molar-refractivity contribution in [2.75, 3.05) is 0 Å². The third-order valence-corrected chi connectivity index (χ3v) is 5.23. The van der Waals surface area contributed by atoms with Crippen LogP contribution >= 0.6 is 39.0 Å². The standard InChI is InChI=1S/C10H7BrN2OS2/c11-6-1-2-16-8(6)9-12-7-4-15-3-5(7)10(14)13-9/h1-2H,3-4H2,(H,12,13,14). The molecule has 82 valence electrons. The van der Waals surface area contributed by atoms with Crippen LogP contribution in [0.1, 0.15) is 11.3 Å². The number of thioether (sulfide) groups is 1. The topological polar surface area (TPSA) is 45.8 Å². The lowest BCUT2D eigenvalue weighted by atomic mass is 10.2. The molecule has 0 aromatic carbocycles. The van der Waals surface area contributed by atoms with Gasteiger partial charge in [0.2, 0.25) is 0 Å². The first-order valence-electron chi connectivity index (χ1n) is 4.69. The highest BCUT2D eigenvalue weighted by Gasteiger charge is 2.19. The summed E-state index contributed by atoms with van der Waals surface area (Å²) in [5, 5.41) is 1.97. The largest absolute Gasteiger partial charge is 0.306 e. The molecule has 0 aliphatic carbocycles. The molecular formula is C10H7BrN2OS2. The number of H-pyrrole nitrogens is 1. The molecule has 0 unspecified atom stereocenters. The molecular weight excluding hydrogens is 308 g/mol. The minimum atomic E-state index is 0.00491. The first-order chi connectivity index (χ1) is 7.75. The third-order valence-electron chi connectivity index (χ3n) is 2.42. The summed E-state index contributed by atoms with van der Waals surface area (Å²) in [4.78, 5) is 20.2. The minimum absolute atomic E-state index is 0.00491. The number of thiophene rings is 1. The maximum absolute atomic E-state index is 11.8. The molecule has 3 heterocycles. The molecule has 0 radical (unpaired) electrons. The van der Waals surface area contributed by atoms with Crippen molar-refractivity contribution < 1.29 is 0 Å². The van der Waals surface area contributed by atoms with E-state index in [2.05, 4.69) is 25.9 Å². The molecule has 0 saturated carbocycles. The predicted octanol–water partition coefficient (Wildman–Crippen LogP) is 3.01. The van der Waals surface area contributed by atoms with Crippen molar-refractivity contribution in [1.82, 2.24) is 9.97 Å². The van der Waals surface area contributed by atoms with Crippen LogP contribution < -0.4 is 5.56 Å². The Morgan fingerprint density at radius 3 is 3.06 bits per heavy atom. The monoisotopic (exact) mass is 314 g/mol. The zero-order chi connectivity index (χ0) is 11.1. The van der Waals surface area contributed by atoms with Crippen molar-refractivity contribution >= 4 is 39.0 Å². The minimum Gasteiger partial charge on any atom is -0.306 e. The average molecular weight is 315 g/mol. The molecule has 16 heavy (non-hydrogen) atoms. The maximum atomic E-state index is 11.8. The summed E-state index contributed by atoms with van der Waals surface area (Å²) >= 11 is 6.76. The van der Waals surface area contributed by atoms with Crippen LogP contribution in [0.25, 0.3) is 10.7 Å². The molecule has 1 N–H and O–H groups in total. The Morgan fingerprint density at radius 2 is 2.31 bits per heavy atom. The molecule has 0 fully saturated rings. The van der Waals surface area contributed by atoms with Crippen molar-refractivity contribution in [3.63, 3.8) is 0 Å². The highest BCUT2D eigenvalue weighted by molar-refractivity contribution is 9.10. The fraction of sp³-hybridized carbons (Fsp3) is 0.200. The molecule has 0 saturated heterocycles. The number of hydrogen-bond donors (Lipinski definition) is 1. The highest BCUT2D eigenvalue weighted by atomic mass is 79.9. The number of nitrogens with one attached hydrogen (secondary N) is 1. The Hall–Kier alpha value is -0.590. The number of hydrogen-bond acceptors (Lipinski definition) is 4. The Labute approximate surface area is 108 Å². The van der Waals surface area contributed by atoms with Gasteiger partial charge in [-0.05, 0) is 27.4 Å². The van der Waals surface area contributed by atoms with Gasteiger partial charge in [0, 0.05) is 21.5 Å². The van der Waals surface area contributed by atoms with Crippen molar-refractivity contribution in [3.05, 3.63) is 37.5 Å². The summed E-state index contributed by atoms with van der Waals surface area (Å²) in [6.07, 6.45) is 0. The summed E-state index contributed by atoms with van der Waals surface area (Å²) < 4.78 is 0.978. The van der Waals surface area contributed by atoms with E-state index in [-0.39, 0.29) is 5.56 Å². The second-order valence-corrected chi connectivity index (χ2v) is 6.19. The number of halogens is 1. The van der Waals surface area contributed by atoms with Gasteiger partial charge in [-0.25, -0.2) is 4.98 Å². The van der Waals surface area contributed by atoms with E-state index < -0.39 is 0 Å². The fourth-order valence-electron chi connectivity index (χ4n) is 1.63. The van der Waals surface area contributed by atoms with Crippen LogP contribution in [-0.4, -0.2) is 9.97 Å². The second-order valence-electron chi connectivity index (χ2n) is 3.43. The van der Waals surface area contributed by atoms with E-state index in [1.165, 1.54) is 0 Å². The van der Waals surface area contributed by atoms with E-state index in [0.29, 0.717) is 5.82 Å². The Balaban J connectivity index is 2.21. The van der Waals surface area contributed by atoms with Gasteiger partial charge in [-0.1, -0.05) is 0 Å². The maximum Gasteiger partial charge on any atom is 0.255 e. The zero-order valence-corrected chi connectivity index (χ0v) is 11.3. The van der Waals surface area contributed by atoms with Crippen molar-refractivity contribution in [2.24, 2.45) is 0 Å². The summed E-state index contributed by atoms with van der Waals surface area (Å²) in [5.74, 6) is 2.30. The van der Waals surface area contributed by atoms with E-state index in [0.717, 1.165) is 32.1 Å². The summed E-state index contributed by atoms with van der Waals surface area (Å²) in [6.45, 7) is 0. The van der Waals surface area contributed by atoms with Gasteiger partial charge in [-0.15, -0.1) is 11.3 Å². The quantitative estimate of drug-likeness (QED) is 0.880. The van der Waals surface area contributed by atoms with Crippen LogP contribution in [0, 0.1) is 0 Å². The molecule has 0 atom stereocenters. The smallest absolute Gasteiger partial charge is 0.255 e. The van der Waals surface area contributed by atoms with E-state index in [9.17, 15) is 4.79 Å². The number of aromatic amines is 1. The Bertz CT molecular complexity index is 605. The van der Waals surface area contributed by atoms with Gasteiger partial charge in [-0.3, -0.25) is 4.79 Å². The van der Waals surface area contributed by atoms with E-state index in [1.54, 1.807) is 23.1 Å². The lowest BCUT2D eigenvalue weighted by molar-refractivity contribution is 1.04. The van der Waals surface area contributed by atoms with Crippen LogP contribution in [0.2, 0.25) is 0 Å². The molecule has 1 aliphatic heterocycles.